The van der Waals surface area contributed by atoms with Crippen LogP contribution in [0, 0.1) is 26.6 Å². The Morgan fingerprint density at radius 3 is 2.33 bits per heavy atom. The highest BCUT2D eigenvalue weighted by Gasteiger charge is 2.21. The largest absolute Gasteiger partial charge is 0.220 e. The third kappa shape index (κ3) is 2.60. The van der Waals surface area contributed by atoms with Gasteiger partial charge < -0.3 is 0 Å². The van der Waals surface area contributed by atoms with Gasteiger partial charge in [0, 0.05) is 6.07 Å². The number of benzene rings is 2. The Morgan fingerprint density at radius 2 is 1.67 bits per heavy atom. The molecule has 0 N–H and O–H groups in total. The molecule has 24 heavy (non-hydrogen) atoms. The van der Waals surface area contributed by atoms with E-state index in [1.807, 2.05) is 26.8 Å². The molecule has 0 saturated heterocycles. The van der Waals surface area contributed by atoms with Crippen molar-refractivity contribution in [3.05, 3.63) is 64.6 Å². The van der Waals surface area contributed by atoms with Gasteiger partial charge in [-0.25, -0.2) is 8.96 Å². The first kappa shape index (κ1) is 16.6. The molecule has 0 aliphatic rings. The van der Waals surface area contributed by atoms with Crippen molar-refractivity contribution in [3.63, 3.8) is 0 Å². The Morgan fingerprint density at radius 1 is 0.958 bits per heavy atom. The topological polar surface area (TPSA) is 3.88 Å². The molecule has 2 heteroatoms. The molecule has 1 heterocycles. The maximum absolute atomic E-state index is 14.3. The molecule has 1 aromatic heterocycles. The normalized spacial score (nSPS) is 11.5. The van der Waals surface area contributed by atoms with Crippen molar-refractivity contribution in [1.82, 2.24) is 0 Å². The van der Waals surface area contributed by atoms with Crippen LogP contribution < -0.4 is 4.57 Å². The van der Waals surface area contributed by atoms with E-state index in [0.29, 0.717) is 11.5 Å². The summed E-state index contributed by atoms with van der Waals surface area (Å²) in [4.78, 5) is 0. The maximum atomic E-state index is 14.3. The van der Waals surface area contributed by atoms with Crippen LogP contribution in [-0.2, 0) is 7.05 Å². The van der Waals surface area contributed by atoms with E-state index in [9.17, 15) is 4.39 Å². The predicted molar refractivity (Wildman–Crippen MR) is 98.8 cm³/mol. The van der Waals surface area contributed by atoms with E-state index in [2.05, 4.69) is 55.9 Å². The molecule has 124 valence electrons. The minimum Gasteiger partial charge on any atom is -0.206 e. The number of hydrogen-bond donors (Lipinski definition) is 0. The van der Waals surface area contributed by atoms with Gasteiger partial charge in [-0.1, -0.05) is 26.0 Å². The van der Waals surface area contributed by atoms with Gasteiger partial charge in [-0.05, 0) is 66.5 Å². The molecule has 0 atom stereocenters. The highest BCUT2D eigenvalue weighted by Crippen LogP contribution is 2.33. The lowest BCUT2D eigenvalue weighted by Gasteiger charge is -2.14. The molecule has 0 saturated carbocycles. The van der Waals surface area contributed by atoms with Gasteiger partial charge in [0.05, 0.1) is 10.9 Å². The van der Waals surface area contributed by atoms with Crippen LogP contribution in [0.4, 0.5) is 4.39 Å². The molecule has 0 unspecified atom stereocenters. The fourth-order valence-electron chi connectivity index (χ4n) is 3.37. The first-order valence-corrected chi connectivity index (χ1v) is 8.50. The second kappa shape index (κ2) is 6.01. The summed E-state index contributed by atoms with van der Waals surface area (Å²) in [6.45, 7) is 10.1. The zero-order valence-electron chi connectivity index (χ0n) is 15.4. The van der Waals surface area contributed by atoms with Gasteiger partial charge in [0.1, 0.15) is 12.9 Å². The van der Waals surface area contributed by atoms with E-state index in [1.165, 1.54) is 16.3 Å². The fraction of sp³-hybridized carbons (Fsp3) is 0.318. The van der Waals surface area contributed by atoms with Gasteiger partial charge in [0.2, 0.25) is 5.69 Å². The van der Waals surface area contributed by atoms with Gasteiger partial charge in [-0.3, -0.25) is 0 Å². The number of fused-ring (bicyclic) bond motifs is 1. The minimum atomic E-state index is -0.0954. The molecule has 0 spiro atoms. The van der Waals surface area contributed by atoms with Crippen LogP contribution in [-0.4, -0.2) is 0 Å². The van der Waals surface area contributed by atoms with Gasteiger partial charge >= 0.3 is 0 Å². The highest BCUT2D eigenvalue weighted by atomic mass is 19.1. The monoisotopic (exact) mass is 322 g/mol. The van der Waals surface area contributed by atoms with Crippen LogP contribution >= 0.6 is 0 Å². The minimum absolute atomic E-state index is 0.0954. The molecule has 0 aliphatic carbocycles. The lowest BCUT2D eigenvalue weighted by atomic mass is 9.92. The lowest BCUT2D eigenvalue weighted by molar-refractivity contribution is -0.659. The summed E-state index contributed by atoms with van der Waals surface area (Å²) in [6.07, 6.45) is 2.08. The highest BCUT2D eigenvalue weighted by molar-refractivity contribution is 5.94. The van der Waals surface area contributed by atoms with Crippen LogP contribution in [0.25, 0.3) is 22.0 Å². The van der Waals surface area contributed by atoms with Gasteiger partial charge in [0.25, 0.3) is 0 Å². The van der Waals surface area contributed by atoms with Crippen molar-refractivity contribution in [2.75, 3.05) is 0 Å². The Hall–Kier alpha value is -2.22. The number of aryl methyl sites for hydroxylation is 2. The maximum Gasteiger partial charge on any atom is 0.220 e. The molecule has 0 amide bonds. The summed E-state index contributed by atoms with van der Waals surface area (Å²) in [7, 11) is 2.06. The summed E-state index contributed by atoms with van der Waals surface area (Å²) in [5.41, 5.74) is 6.03. The third-order valence-corrected chi connectivity index (χ3v) is 5.09. The molecule has 3 rings (SSSR count). The average molecular weight is 322 g/mol. The second-order valence-corrected chi connectivity index (χ2v) is 7.08. The van der Waals surface area contributed by atoms with E-state index >= 15 is 0 Å². The Bertz CT molecular complexity index is 939. The van der Waals surface area contributed by atoms with Gasteiger partial charge in [-0.2, -0.15) is 0 Å². The average Bonchev–Trinajstić information content (AvgIpc) is 2.56. The lowest BCUT2D eigenvalue weighted by Crippen LogP contribution is -2.31. The van der Waals surface area contributed by atoms with E-state index in [4.69, 9.17) is 0 Å². The van der Waals surface area contributed by atoms with Crippen LogP contribution in [0.15, 0.2) is 36.5 Å². The van der Waals surface area contributed by atoms with Crippen molar-refractivity contribution < 1.29 is 8.96 Å². The molecule has 0 fully saturated rings. The summed E-state index contributed by atoms with van der Waals surface area (Å²) < 4.78 is 16.4. The van der Waals surface area contributed by atoms with E-state index in [-0.39, 0.29) is 5.82 Å². The zero-order chi connectivity index (χ0) is 17.6. The smallest absolute Gasteiger partial charge is 0.206 e. The fourth-order valence-corrected chi connectivity index (χ4v) is 3.37. The third-order valence-electron chi connectivity index (χ3n) is 5.09. The van der Waals surface area contributed by atoms with Crippen LogP contribution in [0.5, 0.6) is 0 Å². The van der Waals surface area contributed by atoms with Crippen molar-refractivity contribution in [2.45, 2.75) is 40.5 Å². The van der Waals surface area contributed by atoms with E-state index < -0.39 is 0 Å². The molecule has 0 bridgehead atoms. The summed E-state index contributed by atoms with van der Waals surface area (Å²) in [5, 5.41) is 2.44. The Labute approximate surface area is 143 Å². The van der Waals surface area contributed by atoms with Crippen LogP contribution in [0.1, 0.15) is 42.0 Å². The summed E-state index contributed by atoms with van der Waals surface area (Å²) in [5.74, 6) is 0.382. The van der Waals surface area contributed by atoms with Crippen LogP contribution in [0.3, 0.4) is 0 Å². The summed E-state index contributed by atoms with van der Waals surface area (Å²) >= 11 is 0. The molecule has 0 radical (unpaired) electrons. The second-order valence-electron chi connectivity index (χ2n) is 7.08. The van der Waals surface area contributed by atoms with E-state index in [0.717, 1.165) is 22.4 Å². The number of nitrogens with zero attached hydrogens (tertiary/aromatic N) is 1. The number of hydrogen-bond acceptors (Lipinski definition) is 0. The molecule has 0 aliphatic heterocycles. The molecule has 1 nitrogen and oxygen atoms in total. The van der Waals surface area contributed by atoms with Crippen molar-refractivity contribution in [2.24, 2.45) is 7.05 Å². The first-order valence-electron chi connectivity index (χ1n) is 8.50. The van der Waals surface area contributed by atoms with Crippen LogP contribution in [0.2, 0.25) is 0 Å². The zero-order valence-corrected chi connectivity index (χ0v) is 15.4. The van der Waals surface area contributed by atoms with Crippen molar-refractivity contribution in [3.8, 4) is 11.3 Å². The quantitative estimate of drug-likeness (QED) is 0.547. The van der Waals surface area contributed by atoms with Crippen molar-refractivity contribution >= 4 is 10.8 Å². The summed E-state index contributed by atoms with van der Waals surface area (Å²) in [6, 6.07) is 10.8. The Balaban J connectivity index is 2.41. The SMILES string of the molecule is Cc1cc(-c2c3cc(C(C)C)ccc3cc[n+]2C)c(C)c(C)c1F. The van der Waals surface area contributed by atoms with Crippen molar-refractivity contribution in [1.29, 1.82) is 0 Å². The number of rotatable bonds is 2. The number of aromatic nitrogens is 1. The molecular weight excluding hydrogens is 297 g/mol. The molecule has 2 aromatic carbocycles. The standard InChI is InChI=1S/C22H25FN/c1-13(2)18-8-7-17-9-10-24(6)22(20(17)12-18)19-11-14(3)21(23)16(5)15(19)4/h7-13H,1-6H3/q+1. The Kier molecular flexibility index (Phi) is 4.16. The molecular formula is C22H25FN+. The number of pyridine rings is 1. The van der Waals surface area contributed by atoms with E-state index in [1.54, 1.807) is 0 Å². The predicted octanol–water partition coefficient (Wildman–Crippen LogP) is 5.52. The van der Waals surface area contributed by atoms with Gasteiger partial charge in [-0.15, -0.1) is 0 Å². The number of halogens is 1. The van der Waals surface area contributed by atoms with Gasteiger partial charge in [0.15, 0.2) is 6.20 Å². The molecule has 3 aromatic rings. The first-order chi connectivity index (χ1) is 11.3.